The number of anilines is 3. The maximum absolute atomic E-state index is 13.6. The van der Waals surface area contributed by atoms with Gasteiger partial charge in [-0.15, -0.1) is 0 Å². The van der Waals surface area contributed by atoms with Crippen LogP contribution in [0.3, 0.4) is 0 Å². The summed E-state index contributed by atoms with van der Waals surface area (Å²) in [4.78, 5) is 30.7. The molecule has 2 aromatic heterocycles. The average Bonchev–Trinajstić information content (AvgIpc) is 3.45. The highest BCUT2D eigenvalue weighted by Gasteiger charge is 2.37. The number of carbonyl (C=O) groups is 1. The molecule has 0 spiro atoms. The number of fused-ring (bicyclic) bond motifs is 3. The van der Waals surface area contributed by atoms with E-state index in [9.17, 15) is 4.79 Å². The van der Waals surface area contributed by atoms with Crippen LogP contribution < -0.4 is 15.1 Å². The fraction of sp³-hybridized carbons (Fsp3) is 0.318. The SMILES string of the molecule is CCNc1ncc2c(n1)N1CCCC1CN(c1cccc(-c3ncc(C#N)o3)c1)C2=O. The Morgan fingerprint density at radius 1 is 1.32 bits per heavy atom. The molecular weight excluding hydrogens is 394 g/mol. The van der Waals surface area contributed by atoms with Crippen LogP contribution in [0.4, 0.5) is 17.5 Å². The molecule has 0 bridgehead atoms. The van der Waals surface area contributed by atoms with Gasteiger partial charge in [-0.05, 0) is 38.0 Å². The fourth-order valence-corrected chi connectivity index (χ4v) is 4.22. The molecule has 1 unspecified atom stereocenters. The van der Waals surface area contributed by atoms with Crippen molar-refractivity contribution in [3.05, 3.63) is 48.0 Å². The summed E-state index contributed by atoms with van der Waals surface area (Å²) < 4.78 is 5.46. The Morgan fingerprint density at radius 2 is 2.23 bits per heavy atom. The summed E-state index contributed by atoms with van der Waals surface area (Å²) in [6, 6.07) is 9.59. The first-order valence-electron chi connectivity index (χ1n) is 10.3. The second kappa shape index (κ2) is 7.72. The van der Waals surface area contributed by atoms with Crippen molar-refractivity contribution in [3.63, 3.8) is 0 Å². The zero-order chi connectivity index (χ0) is 21.4. The summed E-state index contributed by atoms with van der Waals surface area (Å²) in [5.74, 6) is 1.60. The van der Waals surface area contributed by atoms with Crippen LogP contribution in [0.5, 0.6) is 0 Å². The average molecular weight is 415 g/mol. The highest BCUT2D eigenvalue weighted by atomic mass is 16.4. The maximum atomic E-state index is 13.6. The lowest BCUT2D eigenvalue weighted by atomic mass is 10.1. The Bertz CT molecular complexity index is 1180. The minimum absolute atomic E-state index is 0.130. The van der Waals surface area contributed by atoms with Crippen molar-refractivity contribution in [2.45, 2.75) is 25.8 Å². The van der Waals surface area contributed by atoms with Gasteiger partial charge in [0.25, 0.3) is 5.91 Å². The summed E-state index contributed by atoms with van der Waals surface area (Å²) in [5.41, 5.74) is 1.95. The van der Waals surface area contributed by atoms with Crippen LogP contribution in [0.15, 0.2) is 41.1 Å². The van der Waals surface area contributed by atoms with E-state index < -0.39 is 0 Å². The third-order valence-electron chi connectivity index (χ3n) is 5.64. The molecule has 4 heterocycles. The van der Waals surface area contributed by atoms with Gasteiger partial charge in [0, 0.05) is 43.1 Å². The summed E-state index contributed by atoms with van der Waals surface area (Å²) in [6.45, 7) is 4.13. The quantitative estimate of drug-likeness (QED) is 0.692. The Kier molecular flexibility index (Phi) is 4.75. The first-order chi connectivity index (χ1) is 15.2. The molecule has 1 atom stereocenters. The Hall–Kier alpha value is -3.93. The second-order valence-corrected chi connectivity index (χ2v) is 7.56. The number of benzene rings is 1. The highest BCUT2D eigenvalue weighted by molar-refractivity contribution is 6.10. The number of nitrogens with zero attached hydrogens (tertiary/aromatic N) is 6. The number of hydrogen-bond acceptors (Lipinski definition) is 8. The van der Waals surface area contributed by atoms with Gasteiger partial charge in [0.2, 0.25) is 17.6 Å². The number of oxazole rings is 1. The zero-order valence-corrected chi connectivity index (χ0v) is 17.1. The van der Waals surface area contributed by atoms with Crippen LogP contribution in [0.2, 0.25) is 0 Å². The molecule has 31 heavy (non-hydrogen) atoms. The fourth-order valence-electron chi connectivity index (χ4n) is 4.22. The molecular formula is C22H21N7O2. The molecule has 5 rings (SSSR count). The van der Waals surface area contributed by atoms with Crippen molar-refractivity contribution in [3.8, 4) is 17.5 Å². The minimum Gasteiger partial charge on any atom is -0.426 e. The predicted molar refractivity (Wildman–Crippen MR) is 115 cm³/mol. The number of carbonyl (C=O) groups excluding carboxylic acids is 1. The van der Waals surface area contributed by atoms with E-state index in [1.807, 2.05) is 37.3 Å². The van der Waals surface area contributed by atoms with Crippen LogP contribution in [0.25, 0.3) is 11.5 Å². The van der Waals surface area contributed by atoms with E-state index in [1.54, 1.807) is 11.1 Å². The third kappa shape index (κ3) is 3.36. The summed E-state index contributed by atoms with van der Waals surface area (Å²) in [7, 11) is 0. The van der Waals surface area contributed by atoms with E-state index in [4.69, 9.17) is 9.68 Å². The smallest absolute Gasteiger partial charge is 0.263 e. The Balaban J connectivity index is 1.55. The number of amides is 1. The number of hydrogen-bond donors (Lipinski definition) is 1. The topological polar surface area (TPSA) is 111 Å². The van der Waals surface area contributed by atoms with Crippen LogP contribution in [0.1, 0.15) is 35.9 Å². The molecule has 3 aromatic rings. The Morgan fingerprint density at radius 3 is 3.03 bits per heavy atom. The minimum atomic E-state index is -0.130. The molecule has 156 valence electrons. The van der Waals surface area contributed by atoms with Gasteiger partial charge < -0.3 is 19.5 Å². The van der Waals surface area contributed by atoms with Crippen molar-refractivity contribution in [1.29, 1.82) is 5.26 Å². The molecule has 1 amide bonds. The molecule has 2 aliphatic rings. The van der Waals surface area contributed by atoms with Crippen molar-refractivity contribution >= 4 is 23.4 Å². The van der Waals surface area contributed by atoms with Gasteiger partial charge in [0.1, 0.15) is 17.5 Å². The third-order valence-corrected chi connectivity index (χ3v) is 5.64. The molecule has 9 heteroatoms. The zero-order valence-electron chi connectivity index (χ0n) is 17.1. The Labute approximate surface area is 179 Å². The van der Waals surface area contributed by atoms with E-state index in [0.29, 0.717) is 41.9 Å². The largest absolute Gasteiger partial charge is 0.426 e. The molecule has 1 N–H and O–H groups in total. The lowest BCUT2D eigenvalue weighted by Gasteiger charge is -2.27. The monoisotopic (exact) mass is 415 g/mol. The van der Waals surface area contributed by atoms with E-state index in [2.05, 4.69) is 25.2 Å². The van der Waals surface area contributed by atoms with E-state index >= 15 is 0 Å². The molecule has 0 aliphatic carbocycles. The molecule has 1 aromatic carbocycles. The maximum Gasteiger partial charge on any atom is 0.263 e. The number of nitriles is 1. The molecule has 2 aliphatic heterocycles. The number of nitrogens with one attached hydrogen (secondary N) is 1. The lowest BCUT2D eigenvalue weighted by Crippen LogP contribution is -2.39. The van der Waals surface area contributed by atoms with Crippen molar-refractivity contribution in [1.82, 2.24) is 15.0 Å². The summed E-state index contributed by atoms with van der Waals surface area (Å²) in [6.07, 6.45) is 5.06. The van der Waals surface area contributed by atoms with Gasteiger partial charge in [-0.2, -0.15) is 10.2 Å². The molecule has 1 saturated heterocycles. The standard InChI is InChI=1S/C22H21N7O2/c1-2-24-22-26-12-18-19(27-22)28-8-4-7-16(28)13-29(21(18)30)15-6-3-5-14(9-15)20-25-11-17(10-23)31-20/h3,5-6,9,11-12,16H,2,4,7-8,13H2,1H3,(H,24,26,27). The first-order valence-corrected chi connectivity index (χ1v) is 10.3. The predicted octanol–water partition coefficient (Wildman–Crippen LogP) is 3.06. The van der Waals surface area contributed by atoms with Crippen LogP contribution in [0, 0.1) is 11.3 Å². The van der Waals surface area contributed by atoms with Crippen molar-refractivity contribution < 1.29 is 9.21 Å². The summed E-state index contributed by atoms with van der Waals surface area (Å²) >= 11 is 0. The molecule has 0 radical (unpaired) electrons. The number of rotatable bonds is 4. The van der Waals surface area contributed by atoms with Gasteiger partial charge in [0.15, 0.2) is 0 Å². The molecule has 0 saturated carbocycles. The van der Waals surface area contributed by atoms with E-state index in [-0.39, 0.29) is 17.7 Å². The van der Waals surface area contributed by atoms with Gasteiger partial charge in [0.05, 0.1) is 6.20 Å². The van der Waals surface area contributed by atoms with Crippen molar-refractivity contribution in [2.75, 3.05) is 34.8 Å². The number of aromatic nitrogens is 3. The lowest BCUT2D eigenvalue weighted by molar-refractivity contribution is 0.0988. The first kappa shape index (κ1) is 19.1. The van der Waals surface area contributed by atoms with Gasteiger partial charge in [-0.3, -0.25) is 4.79 Å². The van der Waals surface area contributed by atoms with Crippen molar-refractivity contribution in [2.24, 2.45) is 0 Å². The van der Waals surface area contributed by atoms with Gasteiger partial charge >= 0.3 is 0 Å². The van der Waals surface area contributed by atoms with E-state index in [1.165, 1.54) is 6.20 Å². The second-order valence-electron chi connectivity index (χ2n) is 7.56. The summed E-state index contributed by atoms with van der Waals surface area (Å²) in [5, 5.41) is 12.1. The highest BCUT2D eigenvalue weighted by Crippen LogP contribution is 2.35. The van der Waals surface area contributed by atoms with E-state index in [0.717, 1.165) is 25.1 Å². The van der Waals surface area contributed by atoms with Crippen LogP contribution >= 0.6 is 0 Å². The van der Waals surface area contributed by atoms with Gasteiger partial charge in [-0.25, -0.2) is 9.97 Å². The molecule has 9 nitrogen and oxygen atoms in total. The molecule has 1 fully saturated rings. The normalized spacial score (nSPS) is 17.7. The van der Waals surface area contributed by atoms with Gasteiger partial charge in [-0.1, -0.05) is 6.07 Å². The van der Waals surface area contributed by atoms with Crippen LogP contribution in [-0.2, 0) is 0 Å². The van der Waals surface area contributed by atoms with Crippen LogP contribution in [-0.4, -0.2) is 46.5 Å².